The number of hydrogen-bond donors (Lipinski definition) is 2. The maximum Gasteiger partial charge on any atom is 0.251 e. The number of amides is 1. The molecule has 0 heterocycles. The van der Waals surface area contributed by atoms with Crippen molar-refractivity contribution in [1.29, 1.82) is 0 Å². The third-order valence-electron chi connectivity index (χ3n) is 3.17. The molecule has 0 aliphatic carbocycles. The molecule has 0 bridgehead atoms. The van der Waals surface area contributed by atoms with Gasteiger partial charge in [0.2, 0.25) is 0 Å². The van der Waals surface area contributed by atoms with E-state index in [0.717, 1.165) is 11.1 Å². The van der Waals surface area contributed by atoms with Gasteiger partial charge < -0.3 is 15.3 Å². The first kappa shape index (κ1) is 15.7. The Morgan fingerprint density at radius 3 is 2.50 bits per heavy atom. The number of rotatable bonds is 6. The lowest BCUT2D eigenvalue weighted by Crippen LogP contribution is -2.30. The van der Waals surface area contributed by atoms with Crippen molar-refractivity contribution in [2.45, 2.75) is 6.04 Å². The summed E-state index contributed by atoms with van der Waals surface area (Å²) < 4.78 is 0. The standard InChI is InChI=1S/C17H18N2O3/c1-22-18-11-13-7-9-15(10-8-13)17(21)19-16(12-20)14-5-3-2-4-6-14/h2-11,16,20H,12H2,1H3,(H,19,21)/b18-11+. The summed E-state index contributed by atoms with van der Waals surface area (Å²) in [7, 11) is 1.47. The highest BCUT2D eigenvalue weighted by Gasteiger charge is 2.14. The van der Waals surface area contributed by atoms with Crippen LogP contribution in [0.2, 0.25) is 0 Å². The van der Waals surface area contributed by atoms with Gasteiger partial charge in [0.1, 0.15) is 7.11 Å². The van der Waals surface area contributed by atoms with Crippen LogP contribution in [0.1, 0.15) is 27.5 Å². The first-order chi connectivity index (χ1) is 10.7. The quantitative estimate of drug-likeness (QED) is 0.634. The van der Waals surface area contributed by atoms with Crippen molar-refractivity contribution in [3.63, 3.8) is 0 Å². The summed E-state index contributed by atoms with van der Waals surface area (Å²) in [5.41, 5.74) is 2.21. The van der Waals surface area contributed by atoms with E-state index in [-0.39, 0.29) is 12.5 Å². The highest BCUT2D eigenvalue weighted by molar-refractivity contribution is 5.95. The van der Waals surface area contributed by atoms with E-state index in [2.05, 4.69) is 15.3 Å². The number of benzene rings is 2. The zero-order chi connectivity index (χ0) is 15.8. The van der Waals surface area contributed by atoms with Crippen LogP contribution in [-0.2, 0) is 4.84 Å². The molecule has 0 saturated heterocycles. The summed E-state index contributed by atoms with van der Waals surface area (Å²) in [5.74, 6) is -0.238. The molecule has 2 N–H and O–H groups in total. The van der Waals surface area contributed by atoms with Crippen LogP contribution in [0.3, 0.4) is 0 Å². The third-order valence-corrected chi connectivity index (χ3v) is 3.17. The molecule has 0 fully saturated rings. The van der Waals surface area contributed by atoms with Gasteiger partial charge in [-0.3, -0.25) is 4.79 Å². The fourth-order valence-corrected chi connectivity index (χ4v) is 2.00. The van der Waals surface area contributed by atoms with Crippen LogP contribution in [0, 0.1) is 0 Å². The van der Waals surface area contributed by atoms with E-state index >= 15 is 0 Å². The van der Waals surface area contributed by atoms with Gasteiger partial charge in [0.05, 0.1) is 18.9 Å². The van der Waals surface area contributed by atoms with E-state index in [1.54, 1.807) is 30.5 Å². The zero-order valence-electron chi connectivity index (χ0n) is 12.3. The SMILES string of the molecule is CO/N=C/c1ccc(C(=O)NC(CO)c2ccccc2)cc1. The predicted octanol–water partition coefficient (Wildman–Crippen LogP) is 2.13. The fraction of sp³-hybridized carbons (Fsp3) is 0.176. The Hall–Kier alpha value is -2.66. The van der Waals surface area contributed by atoms with Gasteiger partial charge in [-0.15, -0.1) is 0 Å². The van der Waals surface area contributed by atoms with Gasteiger partial charge >= 0.3 is 0 Å². The van der Waals surface area contributed by atoms with Crippen LogP contribution >= 0.6 is 0 Å². The van der Waals surface area contributed by atoms with Crippen LogP contribution in [0.25, 0.3) is 0 Å². The van der Waals surface area contributed by atoms with E-state index in [9.17, 15) is 9.90 Å². The zero-order valence-corrected chi connectivity index (χ0v) is 12.3. The topological polar surface area (TPSA) is 70.9 Å². The molecule has 5 nitrogen and oxygen atoms in total. The Morgan fingerprint density at radius 1 is 1.23 bits per heavy atom. The van der Waals surface area contributed by atoms with Crippen molar-refractivity contribution in [3.8, 4) is 0 Å². The van der Waals surface area contributed by atoms with Crippen molar-refractivity contribution in [2.24, 2.45) is 5.16 Å². The summed E-state index contributed by atoms with van der Waals surface area (Å²) in [6.07, 6.45) is 1.56. The van der Waals surface area contributed by atoms with Crippen molar-refractivity contribution < 1.29 is 14.7 Å². The van der Waals surface area contributed by atoms with E-state index in [4.69, 9.17) is 0 Å². The smallest absolute Gasteiger partial charge is 0.251 e. The molecule has 1 amide bonds. The van der Waals surface area contributed by atoms with Crippen LogP contribution < -0.4 is 5.32 Å². The highest BCUT2D eigenvalue weighted by Crippen LogP contribution is 2.13. The number of aliphatic hydroxyl groups excluding tert-OH is 1. The second-order valence-electron chi connectivity index (χ2n) is 4.66. The van der Waals surface area contributed by atoms with Crippen molar-refractivity contribution in [3.05, 3.63) is 71.3 Å². The summed E-state index contributed by atoms with van der Waals surface area (Å²) >= 11 is 0. The minimum Gasteiger partial charge on any atom is -0.399 e. The second kappa shape index (κ2) is 7.95. The van der Waals surface area contributed by atoms with Gasteiger partial charge in [-0.2, -0.15) is 0 Å². The Bertz CT molecular complexity index is 624. The molecular weight excluding hydrogens is 280 g/mol. The number of carbonyl (C=O) groups is 1. The van der Waals surface area contributed by atoms with Crippen molar-refractivity contribution in [2.75, 3.05) is 13.7 Å². The van der Waals surface area contributed by atoms with Crippen LogP contribution in [-0.4, -0.2) is 30.9 Å². The van der Waals surface area contributed by atoms with Gasteiger partial charge in [0.15, 0.2) is 0 Å². The van der Waals surface area contributed by atoms with Crippen molar-refractivity contribution in [1.82, 2.24) is 5.32 Å². The lowest BCUT2D eigenvalue weighted by molar-refractivity contribution is 0.0916. The monoisotopic (exact) mass is 298 g/mol. The Balaban J connectivity index is 2.06. The number of nitrogens with zero attached hydrogens (tertiary/aromatic N) is 1. The number of aliphatic hydroxyl groups is 1. The lowest BCUT2D eigenvalue weighted by Gasteiger charge is -2.16. The van der Waals surface area contributed by atoms with Gasteiger partial charge in [0.25, 0.3) is 5.91 Å². The van der Waals surface area contributed by atoms with Gasteiger partial charge in [-0.1, -0.05) is 47.6 Å². The molecule has 2 aromatic rings. The molecule has 22 heavy (non-hydrogen) atoms. The Morgan fingerprint density at radius 2 is 1.91 bits per heavy atom. The third kappa shape index (κ3) is 4.17. The summed E-state index contributed by atoms with van der Waals surface area (Å²) in [4.78, 5) is 16.8. The molecule has 2 aromatic carbocycles. The second-order valence-corrected chi connectivity index (χ2v) is 4.66. The minimum atomic E-state index is -0.427. The molecule has 0 spiro atoms. The molecule has 2 rings (SSSR count). The summed E-state index contributed by atoms with van der Waals surface area (Å²) in [6, 6.07) is 15.9. The van der Waals surface area contributed by atoms with E-state index in [1.165, 1.54) is 7.11 Å². The van der Waals surface area contributed by atoms with Gasteiger partial charge in [0, 0.05) is 5.56 Å². The number of carbonyl (C=O) groups excluding carboxylic acids is 1. The van der Waals surface area contributed by atoms with E-state index < -0.39 is 6.04 Å². The number of oxime groups is 1. The Labute approximate surface area is 129 Å². The van der Waals surface area contributed by atoms with Crippen molar-refractivity contribution >= 4 is 12.1 Å². The average molecular weight is 298 g/mol. The molecule has 0 saturated carbocycles. The molecule has 1 unspecified atom stereocenters. The molecule has 0 aliphatic rings. The van der Waals surface area contributed by atoms with Crippen LogP contribution in [0.5, 0.6) is 0 Å². The molecule has 0 radical (unpaired) electrons. The first-order valence-electron chi connectivity index (χ1n) is 6.88. The molecule has 5 heteroatoms. The number of hydrogen-bond acceptors (Lipinski definition) is 4. The van der Waals surface area contributed by atoms with Crippen LogP contribution in [0.15, 0.2) is 59.8 Å². The molecule has 0 aromatic heterocycles. The maximum atomic E-state index is 12.2. The molecular formula is C17H18N2O3. The summed E-state index contributed by atoms with van der Waals surface area (Å²) in [6.45, 7) is -0.158. The fourth-order valence-electron chi connectivity index (χ4n) is 2.00. The first-order valence-corrected chi connectivity index (χ1v) is 6.88. The van der Waals surface area contributed by atoms with E-state index in [1.807, 2.05) is 30.3 Å². The average Bonchev–Trinajstić information content (AvgIpc) is 2.58. The van der Waals surface area contributed by atoms with Gasteiger partial charge in [-0.25, -0.2) is 0 Å². The molecule has 0 aliphatic heterocycles. The Kier molecular flexibility index (Phi) is 5.68. The van der Waals surface area contributed by atoms with Crippen LogP contribution in [0.4, 0.5) is 0 Å². The van der Waals surface area contributed by atoms with Gasteiger partial charge in [-0.05, 0) is 23.3 Å². The summed E-state index contributed by atoms with van der Waals surface area (Å²) in [5, 5.41) is 15.9. The minimum absolute atomic E-state index is 0.158. The molecule has 114 valence electrons. The van der Waals surface area contributed by atoms with E-state index in [0.29, 0.717) is 5.56 Å². The highest BCUT2D eigenvalue weighted by atomic mass is 16.6. The lowest BCUT2D eigenvalue weighted by atomic mass is 10.1. The normalized spacial score (nSPS) is 12.1. The number of nitrogens with one attached hydrogen (secondary N) is 1. The predicted molar refractivity (Wildman–Crippen MR) is 84.8 cm³/mol. The largest absolute Gasteiger partial charge is 0.399 e. The maximum absolute atomic E-state index is 12.2. The molecule has 1 atom stereocenters.